The van der Waals surface area contributed by atoms with Gasteiger partial charge in [-0.15, -0.1) is 0 Å². The summed E-state index contributed by atoms with van der Waals surface area (Å²) in [6, 6.07) is 3.73. The molecule has 0 aliphatic rings. The highest BCUT2D eigenvalue weighted by atomic mass is 16.6. The van der Waals surface area contributed by atoms with Crippen LogP contribution in [-0.4, -0.2) is 22.0 Å². The van der Waals surface area contributed by atoms with Gasteiger partial charge in [0.2, 0.25) is 0 Å². The van der Waals surface area contributed by atoms with E-state index in [0.717, 1.165) is 5.56 Å². The Morgan fingerprint density at radius 2 is 2.24 bits per heavy atom. The van der Waals surface area contributed by atoms with Crippen molar-refractivity contribution in [2.45, 2.75) is 26.3 Å². The molecule has 0 bridgehead atoms. The average molecular weight is 238 g/mol. The number of carbonyl (C=O) groups is 1. The number of aryl methyl sites for hydroxylation is 1. The molecule has 0 aliphatic heterocycles. The van der Waals surface area contributed by atoms with Gasteiger partial charge in [-0.2, -0.15) is 0 Å². The Labute approximate surface area is 98.4 Å². The van der Waals surface area contributed by atoms with Crippen molar-refractivity contribution in [1.82, 2.24) is 0 Å². The summed E-state index contributed by atoms with van der Waals surface area (Å²) in [7, 11) is 0. The Morgan fingerprint density at radius 1 is 1.59 bits per heavy atom. The molecule has 0 saturated carbocycles. The topological polar surface area (TPSA) is 92.5 Å². The molecule has 17 heavy (non-hydrogen) atoms. The predicted molar refractivity (Wildman–Crippen MR) is 63.2 cm³/mol. The van der Waals surface area contributed by atoms with Crippen LogP contribution >= 0.6 is 0 Å². The quantitative estimate of drug-likeness (QED) is 0.605. The highest BCUT2D eigenvalue weighted by Gasteiger charge is 2.20. The number of hydrogen-bond acceptors (Lipinski definition) is 4. The van der Waals surface area contributed by atoms with Crippen molar-refractivity contribution in [3.63, 3.8) is 0 Å². The number of benzene rings is 1. The van der Waals surface area contributed by atoms with Crippen LogP contribution in [0.3, 0.4) is 0 Å². The van der Waals surface area contributed by atoms with Crippen LogP contribution in [0.4, 0.5) is 11.4 Å². The SMILES string of the molecule is CCC(Nc1cc(C)ccc1[N+](=O)[O-])C(=O)O. The highest BCUT2D eigenvalue weighted by Crippen LogP contribution is 2.26. The lowest BCUT2D eigenvalue weighted by Gasteiger charge is -2.14. The summed E-state index contributed by atoms with van der Waals surface area (Å²) in [4.78, 5) is 21.1. The Bertz CT molecular complexity index is 445. The second-order valence-electron chi connectivity index (χ2n) is 3.72. The molecule has 6 nitrogen and oxygen atoms in total. The zero-order chi connectivity index (χ0) is 13.0. The molecule has 0 heterocycles. The fourth-order valence-electron chi connectivity index (χ4n) is 1.45. The molecule has 0 spiro atoms. The number of nitro groups is 1. The van der Waals surface area contributed by atoms with Crippen LogP contribution in [0.15, 0.2) is 18.2 Å². The molecule has 2 N–H and O–H groups in total. The second kappa shape index (κ2) is 5.29. The summed E-state index contributed by atoms with van der Waals surface area (Å²) < 4.78 is 0. The standard InChI is InChI=1S/C11H14N2O4/c1-3-8(11(14)15)12-9-6-7(2)4-5-10(9)13(16)17/h4-6,8,12H,3H2,1-2H3,(H,14,15). The molecule has 6 heteroatoms. The number of carboxylic acids is 1. The van der Waals surface area contributed by atoms with Crippen LogP contribution in [0.5, 0.6) is 0 Å². The third kappa shape index (κ3) is 3.17. The highest BCUT2D eigenvalue weighted by molar-refractivity contribution is 5.79. The summed E-state index contributed by atoms with van der Waals surface area (Å²) in [5.74, 6) is -1.02. The van der Waals surface area contributed by atoms with E-state index in [1.54, 1.807) is 26.0 Å². The van der Waals surface area contributed by atoms with Gasteiger partial charge >= 0.3 is 5.97 Å². The Morgan fingerprint density at radius 3 is 2.71 bits per heavy atom. The molecule has 1 aromatic carbocycles. The van der Waals surface area contributed by atoms with Crippen molar-refractivity contribution >= 4 is 17.3 Å². The third-order valence-corrected chi connectivity index (χ3v) is 2.38. The van der Waals surface area contributed by atoms with Crippen molar-refractivity contribution in [2.24, 2.45) is 0 Å². The van der Waals surface area contributed by atoms with Gasteiger partial charge in [-0.3, -0.25) is 10.1 Å². The minimum atomic E-state index is -1.02. The van der Waals surface area contributed by atoms with Crippen molar-refractivity contribution in [1.29, 1.82) is 0 Å². The maximum absolute atomic E-state index is 10.9. The van der Waals surface area contributed by atoms with Gasteiger partial charge in [0.25, 0.3) is 5.69 Å². The summed E-state index contributed by atoms with van der Waals surface area (Å²) in [5, 5.41) is 22.4. The van der Waals surface area contributed by atoms with Crippen LogP contribution in [0.25, 0.3) is 0 Å². The Kier molecular flexibility index (Phi) is 4.03. The zero-order valence-corrected chi connectivity index (χ0v) is 9.64. The Hall–Kier alpha value is -2.11. The van der Waals surface area contributed by atoms with E-state index in [4.69, 9.17) is 5.11 Å². The normalized spacial score (nSPS) is 11.9. The lowest BCUT2D eigenvalue weighted by atomic mass is 10.1. The fraction of sp³-hybridized carbons (Fsp3) is 0.364. The molecular weight excluding hydrogens is 224 g/mol. The van der Waals surface area contributed by atoms with E-state index in [1.807, 2.05) is 0 Å². The summed E-state index contributed by atoms with van der Waals surface area (Å²) >= 11 is 0. The summed E-state index contributed by atoms with van der Waals surface area (Å²) in [6.45, 7) is 3.49. The lowest BCUT2D eigenvalue weighted by Crippen LogP contribution is -2.28. The number of aliphatic carboxylic acids is 1. The van der Waals surface area contributed by atoms with E-state index >= 15 is 0 Å². The molecule has 92 valence electrons. The van der Waals surface area contributed by atoms with Crippen molar-refractivity contribution in [3.05, 3.63) is 33.9 Å². The van der Waals surface area contributed by atoms with Gasteiger partial charge in [-0.05, 0) is 25.0 Å². The number of nitrogens with zero attached hydrogens (tertiary/aromatic N) is 1. The molecule has 0 fully saturated rings. The molecule has 0 amide bonds. The van der Waals surface area contributed by atoms with Crippen LogP contribution in [0, 0.1) is 17.0 Å². The minimum Gasteiger partial charge on any atom is -0.480 e. The van der Waals surface area contributed by atoms with Crippen LogP contribution in [0.2, 0.25) is 0 Å². The predicted octanol–water partition coefficient (Wildman–Crippen LogP) is 2.18. The van der Waals surface area contributed by atoms with E-state index in [2.05, 4.69) is 5.32 Å². The van der Waals surface area contributed by atoms with Gasteiger partial charge in [0.1, 0.15) is 11.7 Å². The maximum Gasteiger partial charge on any atom is 0.326 e. The van der Waals surface area contributed by atoms with E-state index in [1.165, 1.54) is 6.07 Å². The van der Waals surface area contributed by atoms with Gasteiger partial charge in [0.15, 0.2) is 0 Å². The molecule has 0 aromatic heterocycles. The maximum atomic E-state index is 10.9. The van der Waals surface area contributed by atoms with Gasteiger partial charge in [-0.25, -0.2) is 4.79 Å². The van der Waals surface area contributed by atoms with Crippen LogP contribution in [0.1, 0.15) is 18.9 Å². The monoisotopic (exact) mass is 238 g/mol. The molecule has 0 aliphatic carbocycles. The number of rotatable bonds is 5. The molecule has 0 saturated heterocycles. The van der Waals surface area contributed by atoms with E-state index < -0.39 is 16.9 Å². The van der Waals surface area contributed by atoms with Gasteiger partial charge < -0.3 is 10.4 Å². The molecule has 1 rings (SSSR count). The largest absolute Gasteiger partial charge is 0.480 e. The van der Waals surface area contributed by atoms with E-state index in [9.17, 15) is 14.9 Å². The number of nitro benzene ring substituents is 1. The second-order valence-corrected chi connectivity index (χ2v) is 3.72. The molecule has 1 atom stereocenters. The average Bonchev–Trinajstić information content (AvgIpc) is 2.25. The molecule has 1 aromatic rings. The lowest BCUT2D eigenvalue weighted by molar-refractivity contribution is -0.384. The van der Waals surface area contributed by atoms with E-state index in [0.29, 0.717) is 6.42 Å². The first kappa shape index (κ1) is 13.0. The number of hydrogen-bond donors (Lipinski definition) is 2. The zero-order valence-electron chi connectivity index (χ0n) is 9.64. The molecule has 1 unspecified atom stereocenters. The van der Waals surface area contributed by atoms with Crippen molar-refractivity contribution in [2.75, 3.05) is 5.32 Å². The molecule has 0 radical (unpaired) electrons. The number of nitrogens with one attached hydrogen (secondary N) is 1. The van der Waals surface area contributed by atoms with E-state index in [-0.39, 0.29) is 11.4 Å². The third-order valence-electron chi connectivity index (χ3n) is 2.38. The number of carboxylic acid groups (broad SMARTS) is 1. The van der Waals surface area contributed by atoms with Gasteiger partial charge in [0.05, 0.1) is 4.92 Å². The van der Waals surface area contributed by atoms with Crippen LogP contribution < -0.4 is 5.32 Å². The summed E-state index contributed by atoms with van der Waals surface area (Å²) in [6.07, 6.45) is 0.348. The first-order valence-corrected chi connectivity index (χ1v) is 5.20. The first-order valence-electron chi connectivity index (χ1n) is 5.20. The first-order chi connectivity index (χ1) is 7.95. The summed E-state index contributed by atoms with van der Waals surface area (Å²) in [5.41, 5.74) is 0.956. The van der Waals surface area contributed by atoms with Crippen molar-refractivity contribution in [3.8, 4) is 0 Å². The van der Waals surface area contributed by atoms with Crippen molar-refractivity contribution < 1.29 is 14.8 Å². The van der Waals surface area contributed by atoms with Gasteiger partial charge in [-0.1, -0.05) is 13.0 Å². The smallest absolute Gasteiger partial charge is 0.326 e. The van der Waals surface area contributed by atoms with Gasteiger partial charge in [0, 0.05) is 6.07 Å². The van der Waals surface area contributed by atoms with Crippen LogP contribution in [-0.2, 0) is 4.79 Å². The Balaban J connectivity index is 3.07. The number of anilines is 1. The minimum absolute atomic E-state index is 0.115. The molecular formula is C11H14N2O4. The fourth-order valence-corrected chi connectivity index (χ4v) is 1.45.